The topological polar surface area (TPSA) is 33.3 Å². The Morgan fingerprint density at radius 3 is 2.89 bits per heavy atom. The zero-order valence-corrected chi connectivity index (χ0v) is 11.2. The van der Waals surface area contributed by atoms with Crippen LogP contribution in [0, 0.1) is 5.82 Å². The predicted molar refractivity (Wildman–Crippen MR) is 71.7 cm³/mol. The van der Waals surface area contributed by atoms with Crippen LogP contribution in [0.2, 0.25) is 0 Å². The maximum absolute atomic E-state index is 13.3. The second-order valence-corrected chi connectivity index (χ2v) is 5.49. The highest BCUT2D eigenvalue weighted by atomic mass is 19.1. The van der Waals surface area contributed by atoms with E-state index >= 15 is 0 Å². The number of nitrogens with one attached hydrogen (secondary N) is 2. The maximum Gasteiger partial charge on any atom is 0.142 e. The molecule has 2 N–H and O–H groups in total. The van der Waals surface area contributed by atoms with Crippen LogP contribution in [0.5, 0.6) is 5.75 Å². The van der Waals surface area contributed by atoms with E-state index in [0.717, 1.165) is 25.1 Å². The van der Waals surface area contributed by atoms with Crippen molar-refractivity contribution in [3.05, 3.63) is 24.0 Å². The van der Waals surface area contributed by atoms with Gasteiger partial charge >= 0.3 is 0 Å². The fourth-order valence-corrected chi connectivity index (χ4v) is 2.51. The van der Waals surface area contributed by atoms with E-state index in [1.54, 1.807) is 13.2 Å². The summed E-state index contributed by atoms with van der Waals surface area (Å²) in [5, 5.41) is 6.86. The lowest BCUT2D eigenvalue weighted by Gasteiger charge is -2.37. The lowest BCUT2D eigenvalue weighted by atomic mass is 9.89. The number of hydrogen-bond donors (Lipinski definition) is 2. The lowest BCUT2D eigenvalue weighted by molar-refractivity contribution is 0.286. The van der Waals surface area contributed by atoms with Crippen molar-refractivity contribution in [2.24, 2.45) is 0 Å². The van der Waals surface area contributed by atoms with Crippen LogP contribution in [0.1, 0.15) is 26.7 Å². The molecule has 1 aliphatic heterocycles. The van der Waals surface area contributed by atoms with Gasteiger partial charge in [-0.3, -0.25) is 0 Å². The van der Waals surface area contributed by atoms with Gasteiger partial charge in [-0.2, -0.15) is 0 Å². The maximum atomic E-state index is 13.3. The Morgan fingerprint density at radius 2 is 2.22 bits per heavy atom. The largest absolute Gasteiger partial charge is 0.495 e. The summed E-state index contributed by atoms with van der Waals surface area (Å²) in [6.45, 7) is 5.34. The highest BCUT2D eigenvalue weighted by Gasteiger charge is 2.27. The minimum Gasteiger partial charge on any atom is -0.495 e. The zero-order chi connectivity index (χ0) is 13.2. The molecule has 0 aliphatic carbocycles. The molecule has 1 atom stereocenters. The van der Waals surface area contributed by atoms with Gasteiger partial charge in [-0.05, 0) is 45.4 Å². The highest BCUT2D eigenvalue weighted by Crippen LogP contribution is 2.28. The summed E-state index contributed by atoms with van der Waals surface area (Å²) < 4.78 is 18.5. The van der Waals surface area contributed by atoms with Crippen molar-refractivity contribution in [3.63, 3.8) is 0 Å². The Kier molecular flexibility index (Phi) is 3.76. The van der Waals surface area contributed by atoms with Crippen LogP contribution >= 0.6 is 0 Å². The molecular weight excluding hydrogens is 231 g/mol. The average Bonchev–Trinajstić information content (AvgIpc) is 2.28. The summed E-state index contributed by atoms with van der Waals surface area (Å²) in [4.78, 5) is 0. The molecule has 0 aromatic heterocycles. The Labute approximate surface area is 108 Å². The third-order valence-electron chi connectivity index (χ3n) is 3.37. The molecule has 0 bridgehead atoms. The molecule has 1 unspecified atom stereocenters. The zero-order valence-electron chi connectivity index (χ0n) is 11.2. The molecule has 1 aliphatic rings. The summed E-state index contributed by atoms with van der Waals surface area (Å²) in [7, 11) is 1.60. The van der Waals surface area contributed by atoms with Gasteiger partial charge in [0.2, 0.25) is 0 Å². The van der Waals surface area contributed by atoms with Gasteiger partial charge < -0.3 is 15.4 Å². The van der Waals surface area contributed by atoms with Gasteiger partial charge in [0.25, 0.3) is 0 Å². The van der Waals surface area contributed by atoms with Gasteiger partial charge in [0.1, 0.15) is 11.6 Å². The first kappa shape index (κ1) is 13.1. The third-order valence-corrected chi connectivity index (χ3v) is 3.37. The van der Waals surface area contributed by atoms with Crippen molar-refractivity contribution in [2.75, 3.05) is 19.0 Å². The molecule has 0 spiro atoms. The second-order valence-electron chi connectivity index (χ2n) is 5.49. The van der Waals surface area contributed by atoms with E-state index in [0.29, 0.717) is 11.8 Å². The fourth-order valence-electron chi connectivity index (χ4n) is 2.51. The van der Waals surface area contributed by atoms with E-state index in [4.69, 9.17) is 4.74 Å². The van der Waals surface area contributed by atoms with E-state index in [-0.39, 0.29) is 11.4 Å². The molecule has 1 fully saturated rings. The van der Waals surface area contributed by atoms with Crippen LogP contribution in [-0.2, 0) is 0 Å². The molecule has 1 aromatic rings. The van der Waals surface area contributed by atoms with E-state index < -0.39 is 0 Å². The van der Waals surface area contributed by atoms with Crippen molar-refractivity contribution >= 4 is 5.69 Å². The number of piperidine rings is 1. The number of ether oxygens (including phenoxy) is 1. The number of halogens is 1. The van der Waals surface area contributed by atoms with E-state index in [1.807, 2.05) is 0 Å². The molecule has 0 amide bonds. The fraction of sp³-hybridized carbons (Fsp3) is 0.571. The van der Waals surface area contributed by atoms with Crippen molar-refractivity contribution in [2.45, 2.75) is 38.3 Å². The lowest BCUT2D eigenvalue weighted by Crippen LogP contribution is -2.50. The molecule has 1 aromatic carbocycles. The second kappa shape index (κ2) is 5.14. The monoisotopic (exact) mass is 252 g/mol. The standard InChI is InChI=1S/C14H21FN2O/c1-14(2)9-11(6-7-16-14)17-12-8-10(15)4-5-13(12)18-3/h4-5,8,11,16-17H,6-7,9H2,1-3H3. The Bertz CT molecular complexity index is 420. The smallest absolute Gasteiger partial charge is 0.142 e. The van der Waals surface area contributed by atoms with Crippen LogP contribution in [0.15, 0.2) is 18.2 Å². The molecule has 0 radical (unpaired) electrons. The van der Waals surface area contributed by atoms with Crippen LogP contribution < -0.4 is 15.4 Å². The van der Waals surface area contributed by atoms with Crippen molar-refractivity contribution in [3.8, 4) is 5.75 Å². The van der Waals surface area contributed by atoms with Gasteiger partial charge in [0, 0.05) is 17.6 Å². The molecule has 4 heteroatoms. The molecule has 2 rings (SSSR count). The van der Waals surface area contributed by atoms with Gasteiger partial charge in [-0.1, -0.05) is 0 Å². The molecule has 18 heavy (non-hydrogen) atoms. The molecule has 0 saturated carbocycles. The average molecular weight is 252 g/mol. The Morgan fingerprint density at radius 1 is 1.44 bits per heavy atom. The third kappa shape index (κ3) is 3.13. The first-order valence-electron chi connectivity index (χ1n) is 6.35. The minimum atomic E-state index is -0.244. The molecule has 1 heterocycles. The van der Waals surface area contributed by atoms with Crippen molar-refractivity contribution in [1.29, 1.82) is 0 Å². The molecule has 1 saturated heterocycles. The molecule has 100 valence electrons. The van der Waals surface area contributed by atoms with Crippen molar-refractivity contribution in [1.82, 2.24) is 5.32 Å². The Balaban J connectivity index is 2.11. The molecular formula is C14H21FN2O. The quantitative estimate of drug-likeness (QED) is 0.868. The SMILES string of the molecule is COc1ccc(F)cc1NC1CCNC(C)(C)C1. The van der Waals surface area contributed by atoms with Gasteiger partial charge in [0.15, 0.2) is 0 Å². The van der Waals surface area contributed by atoms with Gasteiger partial charge in [-0.15, -0.1) is 0 Å². The summed E-state index contributed by atoms with van der Waals surface area (Å²) in [6.07, 6.45) is 2.04. The summed E-state index contributed by atoms with van der Waals surface area (Å²) in [5.74, 6) is 0.444. The minimum absolute atomic E-state index is 0.122. The number of methoxy groups -OCH3 is 1. The Hall–Kier alpha value is -1.29. The van der Waals surface area contributed by atoms with Crippen LogP contribution in [0.4, 0.5) is 10.1 Å². The highest BCUT2D eigenvalue weighted by molar-refractivity contribution is 5.57. The van der Waals surface area contributed by atoms with E-state index in [1.165, 1.54) is 12.1 Å². The van der Waals surface area contributed by atoms with Crippen LogP contribution in [-0.4, -0.2) is 25.2 Å². The summed E-state index contributed by atoms with van der Waals surface area (Å²) >= 11 is 0. The van der Waals surface area contributed by atoms with Gasteiger partial charge in [0.05, 0.1) is 12.8 Å². The predicted octanol–water partition coefficient (Wildman–Crippen LogP) is 2.78. The number of hydrogen-bond acceptors (Lipinski definition) is 3. The number of anilines is 1. The van der Waals surface area contributed by atoms with Crippen LogP contribution in [0.25, 0.3) is 0 Å². The first-order valence-corrected chi connectivity index (χ1v) is 6.35. The van der Waals surface area contributed by atoms with Crippen LogP contribution in [0.3, 0.4) is 0 Å². The molecule has 3 nitrogen and oxygen atoms in total. The van der Waals surface area contributed by atoms with E-state index in [9.17, 15) is 4.39 Å². The normalized spacial score (nSPS) is 22.6. The summed E-state index contributed by atoms with van der Waals surface area (Å²) in [5.41, 5.74) is 0.858. The van der Waals surface area contributed by atoms with Gasteiger partial charge in [-0.25, -0.2) is 4.39 Å². The van der Waals surface area contributed by atoms with E-state index in [2.05, 4.69) is 24.5 Å². The number of benzene rings is 1. The first-order chi connectivity index (χ1) is 8.50. The van der Waals surface area contributed by atoms with Crippen molar-refractivity contribution < 1.29 is 9.13 Å². The number of rotatable bonds is 3. The summed E-state index contributed by atoms with van der Waals surface area (Å²) in [6, 6.07) is 4.91.